The predicted octanol–water partition coefficient (Wildman–Crippen LogP) is 2.33. The van der Waals surface area contributed by atoms with Gasteiger partial charge in [-0.2, -0.15) is 5.10 Å². The van der Waals surface area contributed by atoms with Crippen molar-refractivity contribution in [1.82, 2.24) is 10.4 Å². The molecule has 0 aliphatic rings. The van der Waals surface area contributed by atoms with E-state index in [0.717, 1.165) is 10.6 Å². The van der Waals surface area contributed by atoms with Gasteiger partial charge in [0.25, 0.3) is 0 Å². The molecule has 2 aromatic rings. The van der Waals surface area contributed by atoms with Gasteiger partial charge >= 0.3 is 0 Å². The Hall–Kier alpha value is -2.34. The van der Waals surface area contributed by atoms with Crippen LogP contribution in [0.3, 0.4) is 0 Å². The molecular weight excluding hydrogens is 286 g/mol. The van der Waals surface area contributed by atoms with Crippen molar-refractivity contribution in [3.63, 3.8) is 0 Å². The number of hydrazone groups is 1. The Labute approximate surface area is 127 Å². The van der Waals surface area contributed by atoms with Crippen molar-refractivity contribution in [2.24, 2.45) is 5.10 Å². The van der Waals surface area contributed by atoms with Crippen LogP contribution >= 0.6 is 11.8 Å². The number of para-hydroxylation sites is 1. The summed E-state index contributed by atoms with van der Waals surface area (Å²) in [4.78, 5) is 15.8. The number of amides is 1. The standard InChI is InChI=1S/C15H15N3O2S/c1-20-13-7-3-2-6-12(13)10-17-18-14(19)11-21-15-8-4-5-9-16-15/h2-10H,11H2,1H3,(H,18,19). The van der Waals surface area contributed by atoms with Crippen LogP contribution in [0, 0.1) is 0 Å². The fourth-order valence-electron chi connectivity index (χ4n) is 1.55. The summed E-state index contributed by atoms with van der Waals surface area (Å²) in [5, 5.41) is 4.73. The molecular formula is C15H15N3O2S. The molecule has 0 spiro atoms. The summed E-state index contributed by atoms with van der Waals surface area (Å²) in [5.41, 5.74) is 3.28. The molecule has 0 saturated carbocycles. The number of nitrogens with zero attached hydrogens (tertiary/aromatic N) is 2. The second-order valence-electron chi connectivity index (χ2n) is 3.99. The van der Waals surface area contributed by atoms with Crippen molar-refractivity contribution in [3.05, 3.63) is 54.2 Å². The number of carbonyl (C=O) groups is 1. The van der Waals surface area contributed by atoms with Crippen molar-refractivity contribution >= 4 is 23.9 Å². The van der Waals surface area contributed by atoms with Gasteiger partial charge in [0, 0.05) is 11.8 Å². The Morgan fingerprint density at radius 1 is 1.33 bits per heavy atom. The van der Waals surface area contributed by atoms with Crippen LogP contribution in [0.1, 0.15) is 5.56 Å². The largest absolute Gasteiger partial charge is 0.496 e. The number of pyridine rings is 1. The van der Waals surface area contributed by atoms with Gasteiger partial charge in [-0.25, -0.2) is 10.4 Å². The Morgan fingerprint density at radius 3 is 2.90 bits per heavy atom. The van der Waals surface area contributed by atoms with E-state index in [1.165, 1.54) is 11.8 Å². The van der Waals surface area contributed by atoms with Crippen LogP contribution in [0.15, 0.2) is 58.8 Å². The van der Waals surface area contributed by atoms with Crippen LogP contribution in [0.25, 0.3) is 0 Å². The van der Waals surface area contributed by atoms with E-state index >= 15 is 0 Å². The second kappa shape index (κ2) is 8.06. The second-order valence-corrected chi connectivity index (χ2v) is 4.99. The third-order valence-corrected chi connectivity index (χ3v) is 3.46. The zero-order chi connectivity index (χ0) is 14.9. The summed E-state index contributed by atoms with van der Waals surface area (Å²) in [7, 11) is 1.59. The number of thioether (sulfide) groups is 1. The molecule has 5 nitrogen and oxygen atoms in total. The zero-order valence-corrected chi connectivity index (χ0v) is 12.3. The highest BCUT2D eigenvalue weighted by Gasteiger charge is 2.02. The number of aromatic nitrogens is 1. The summed E-state index contributed by atoms with van der Waals surface area (Å²) in [5.74, 6) is 0.787. The highest BCUT2D eigenvalue weighted by molar-refractivity contribution is 7.99. The van der Waals surface area contributed by atoms with Gasteiger partial charge in [-0.1, -0.05) is 30.0 Å². The summed E-state index contributed by atoms with van der Waals surface area (Å²) >= 11 is 1.36. The van der Waals surface area contributed by atoms with Gasteiger partial charge in [0.1, 0.15) is 5.75 Å². The van der Waals surface area contributed by atoms with E-state index in [9.17, 15) is 4.79 Å². The monoisotopic (exact) mass is 301 g/mol. The summed E-state index contributed by atoms with van der Waals surface area (Å²) in [6.07, 6.45) is 3.25. The molecule has 1 N–H and O–H groups in total. The Bertz CT molecular complexity index is 617. The number of nitrogens with one attached hydrogen (secondary N) is 1. The smallest absolute Gasteiger partial charge is 0.250 e. The third kappa shape index (κ3) is 4.92. The predicted molar refractivity (Wildman–Crippen MR) is 83.7 cm³/mol. The molecule has 108 valence electrons. The minimum Gasteiger partial charge on any atom is -0.496 e. The lowest BCUT2D eigenvalue weighted by molar-refractivity contribution is -0.118. The van der Waals surface area contributed by atoms with Gasteiger partial charge < -0.3 is 4.74 Å². The lowest BCUT2D eigenvalue weighted by Crippen LogP contribution is -2.19. The molecule has 0 radical (unpaired) electrons. The van der Waals surface area contributed by atoms with E-state index in [1.54, 1.807) is 19.5 Å². The zero-order valence-electron chi connectivity index (χ0n) is 11.5. The molecule has 6 heteroatoms. The van der Waals surface area contributed by atoms with Crippen LogP contribution < -0.4 is 10.2 Å². The summed E-state index contributed by atoms with van der Waals surface area (Å²) in [6.45, 7) is 0. The number of rotatable bonds is 6. The highest BCUT2D eigenvalue weighted by Crippen LogP contribution is 2.15. The molecule has 21 heavy (non-hydrogen) atoms. The molecule has 2 rings (SSSR count). The molecule has 1 amide bonds. The molecule has 0 bridgehead atoms. The van der Waals surface area contributed by atoms with Gasteiger partial charge in [-0.05, 0) is 24.3 Å². The maximum atomic E-state index is 11.7. The van der Waals surface area contributed by atoms with E-state index in [1.807, 2.05) is 42.5 Å². The summed E-state index contributed by atoms with van der Waals surface area (Å²) < 4.78 is 5.19. The number of ether oxygens (including phenoxy) is 1. The molecule has 0 fully saturated rings. The fraction of sp³-hybridized carbons (Fsp3) is 0.133. The van der Waals surface area contributed by atoms with Gasteiger partial charge in [-0.15, -0.1) is 0 Å². The minimum absolute atomic E-state index is 0.184. The first-order chi connectivity index (χ1) is 10.3. The molecule has 0 aliphatic heterocycles. The average Bonchev–Trinajstić information content (AvgIpc) is 2.54. The van der Waals surface area contributed by atoms with Crippen molar-refractivity contribution in [1.29, 1.82) is 0 Å². The molecule has 0 unspecified atom stereocenters. The SMILES string of the molecule is COc1ccccc1C=NNC(=O)CSc1ccccn1. The third-order valence-electron chi connectivity index (χ3n) is 2.52. The number of hydrogen-bond donors (Lipinski definition) is 1. The maximum Gasteiger partial charge on any atom is 0.250 e. The van der Waals surface area contributed by atoms with Crippen LogP contribution in [-0.2, 0) is 4.79 Å². The number of methoxy groups -OCH3 is 1. The van der Waals surface area contributed by atoms with Crippen LogP contribution in [-0.4, -0.2) is 30.0 Å². The van der Waals surface area contributed by atoms with Crippen molar-refractivity contribution in [2.45, 2.75) is 5.03 Å². The normalized spacial score (nSPS) is 10.5. The molecule has 1 heterocycles. The number of hydrogen-bond acceptors (Lipinski definition) is 5. The molecule has 0 aliphatic carbocycles. The van der Waals surface area contributed by atoms with Crippen LogP contribution in [0.2, 0.25) is 0 Å². The van der Waals surface area contributed by atoms with Gasteiger partial charge in [0.05, 0.1) is 24.1 Å². The van der Waals surface area contributed by atoms with E-state index in [0.29, 0.717) is 5.75 Å². The van der Waals surface area contributed by atoms with E-state index in [4.69, 9.17) is 4.74 Å². The van der Waals surface area contributed by atoms with E-state index < -0.39 is 0 Å². The quantitative estimate of drug-likeness (QED) is 0.505. The average molecular weight is 301 g/mol. The molecule has 1 aromatic carbocycles. The first-order valence-corrected chi connectivity index (χ1v) is 7.27. The Balaban J connectivity index is 1.82. The van der Waals surface area contributed by atoms with Gasteiger partial charge in [0.15, 0.2) is 0 Å². The van der Waals surface area contributed by atoms with E-state index in [-0.39, 0.29) is 11.7 Å². The first-order valence-electron chi connectivity index (χ1n) is 6.28. The maximum absolute atomic E-state index is 11.7. The summed E-state index contributed by atoms with van der Waals surface area (Å²) in [6, 6.07) is 13.0. The molecule has 0 atom stereocenters. The molecule has 1 aromatic heterocycles. The van der Waals surface area contributed by atoms with Crippen molar-refractivity contribution in [2.75, 3.05) is 12.9 Å². The van der Waals surface area contributed by atoms with E-state index in [2.05, 4.69) is 15.5 Å². The van der Waals surface area contributed by atoms with Crippen LogP contribution in [0.5, 0.6) is 5.75 Å². The van der Waals surface area contributed by atoms with Crippen LogP contribution in [0.4, 0.5) is 0 Å². The van der Waals surface area contributed by atoms with Gasteiger partial charge in [0.2, 0.25) is 5.91 Å². The fourth-order valence-corrected chi connectivity index (χ4v) is 2.20. The number of benzene rings is 1. The lowest BCUT2D eigenvalue weighted by atomic mass is 10.2. The minimum atomic E-state index is -0.184. The number of carbonyl (C=O) groups excluding carboxylic acids is 1. The first kappa shape index (κ1) is 15.1. The lowest BCUT2D eigenvalue weighted by Gasteiger charge is -2.03. The highest BCUT2D eigenvalue weighted by atomic mass is 32.2. The van der Waals surface area contributed by atoms with Gasteiger partial charge in [-0.3, -0.25) is 4.79 Å². The molecule has 0 saturated heterocycles. The Kier molecular flexibility index (Phi) is 5.78. The topological polar surface area (TPSA) is 63.6 Å². The Morgan fingerprint density at radius 2 is 2.14 bits per heavy atom. The van der Waals surface area contributed by atoms with Crippen molar-refractivity contribution in [3.8, 4) is 5.75 Å². The van der Waals surface area contributed by atoms with Crippen molar-refractivity contribution < 1.29 is 9.53 Å².